The number of anilines is 1. The highest BCUT2D eigenvalue weighted by Crippen LogP contribution is 2.55. The van der Waals surface area contributed by atoms with Crippen LogP contribution in [-0.2, 0) is 12.5 Å². The van der Waals surface area contributed by atoms with E-state index in [9.17, 15) is 0 Å². The van der Waals surface area contributed by atoms with Crippen molar-refractivity contribution in [1.82, 2.24) is 9.78 Å². The lowest BCUT2D eigenvalue weighted by molar-refractivity contribution is 0.702. The van der Waals surface area contributed by atoms with Crippen molar-refractivity contribution in [2.24, 2.45) is 7.05 Å². The summed E-state index contributed by atoms with van der Waals surface area (Å²) in [5.41, 5.74) is 10.1. The third kappa shape index (κ3) is 1.76. The van der Waals surface area contributed by atoms with E-state index in [2.05, 4.69) is 44.2 Å². The van der Waals surface area contributed by atoms with Crippen molar-refractivity contribution in [2.75, 3.05) is 5.73 Å². The maximum atomic E-state index is 6.21. The second-order valence-corrected chi connectivity index (χ2v) is 5.87. The molecule has 1 heterocycles. The number of aromatic nitrogens is 2. The summed E-state index contributed by atoms with van der Waals surface area (Å²) < 4.78 is 1.83. The van der Waals surface area contributed by atoms with E-state index in [1.54, 1.807) is 0 Å². The fourth-order valence-corrected chi connectivity index (χ4v) is 3.02. The normalized spacial score (nSPS) is 16.8. The van der Waals surface area contributed by atoms with Crippen LogP contribution in [0.1, 0.15) is 49.4 Å². The van der Waals surface area contributed by atoms with E-state index in [4.69, 9.17) is 10.8 Å². The van der Waals surface area contributed by atoms with Gasteiger partial charge in [0.25, 0.3) is 0 Å². The molecule has 2 aromatic rings. The highest BCUT2D eigenvalue weighted by molar-refractivity contribution is 5.54. The zero-order valence-electron chi connectivity index (χ0n) is 11.9. The number of hydrogen-bond donors (Lipinski definition) is 1. The maximum Gasteiger partial charge on any atom is 0.125 e. The summed E-state index contributed by atoms with van der Waals surface area (Å²) in [6, 6.07) is 10.7. The van der Waals surface area contributed by atoms with E-state index >= 15 is 0 Å². The molecule has 0 saturated heterocycles. The molecule has 3 rings (SSSR count). The minimum absolute atomic E-state index is 0.107. The predicted molar refractivity (Wildman–Crippen MR) is 78.2 cm³/mol. The predicted octanol–water partition coefficient (Wildman–Crippen LogP) is 3.21. The summed E-state index contributed by atoms with van der Waals surface area (Å²) in [5.74, 6) is 1.22. The van der Waals surface area contributed by atoms with Crippen molar-refractivity contribution in [1.29, 1.82) is 0 Å². The van der Waals surface area contributed by atoms with E-state index < -0.39 is 0 Å². The first kappa shape index (κ1) is 12.3. The summed E-state index contributed by atoms with van der Waals surface area (Å²) in [7, 11) is 1.94. The van der Waals surface area contributed by atoms with Crippen LogP contribution in [-0.4, -0.2) is 9.78 Å². The van der Waals surface area contributed by atoms with Gasteiger partial charge in [0.15, 0.2) is 0 Å². The third-order valence-electron chi connectivity index (χ3n) is 4.24. The first-order chi connectivity index (χ1) is 9.06. The number of hydrogen-bond acceptors (Lipinski definition) is 2. The summed E-state index contributed by atoms with van der Waals surface area (Å²) >= 11 is 0. The molecule has 19 heavy (non-hydrogen) atoms. The minimum Gasteiger partial charge on any atom is -0.384 e. The SMILES string of the molecule is CC(C)c1c(C2(c3ccccc3)CC2)nn(C)c1N. The van der Waals surface area contributed by atoms with Gasteiger partial charge in [-0.2, -0.15) is 5.10 Å². The maximum absolute atomic E-state index is 6.21. The molecule has 2 N–H and O–H groups in total. The lowest BCUT2D eigenvalue weighted by Gasteiger charge is -2.17. The van der Waals surface area contributed by atoms with Crippen LogP contribution in [0.2, 0.25) is 0 Å². The van der Waals surface area contributed by atoms with Gasteiger partial charge in [-0.3, -0.25) is 4.68 Å². The molecule has 0 spiro atoms. The molecule has 1 saturated carbocycles. The van der Waals surface area contributed by atoms with Crippen molar-refractivity contribution in [3.63, 3.8) is 0 Å². The number of nitrogen functional groups attached to an aromatic ring is 1. The zero-order chi connectivity index (χ0) is 13.6. The quantitative estimate of drug-likeness (QED) is 0.915. The molecule has 100 valence electrons. The van der Waals surface area contributed by atoms with Crippen LogP contribution in [0.4, 0.5) is 5.82 Å². The Hall–Kier alpha value is -1.77. The summed E-state index contributed by atoms with van der Waals surface area (Å²) in [6.45, 7) is 4.38. The molecule has 0 bridgehead atoms. The average molecular weight is 255 g/mol. The molecular formula is C16H21N3. The minimum atomic E-state index is 0.107. The van der Waals surface area contributed by atoms with Crippen molar-refractivity contribution < 1.29 is 0 Å². The van der Waals surface area contributed by atoms with Gasteiger partial charge in [0.2, 0.25) is 0 Å². The number of nitrogens with two attached hydrogens (primary N) is 1. The van der Waals surface area contributed by atoms with Crippen molar-refractivity contribution in [3.8, 4) is 0 Å². The van der Waals surface area contributed by atoms with E-state index in [1.165, 1.54) is 29.7 Å². The van der Waals surface area contributed by atoms with Gasteiger partial charge in [-0.25, -0.2) is 0 Å². The van der Waals surface area contributed by atoms with Crippen LogP contribution in [0, 0.1) is 0 Å². The monoisotopic (exact) mass is 255 g/mol. The van der Waals surface area contributed by atoms with E-state index in [0.717, 1.165) is 5.82 Å². The second-order valence-electron chi connectivity index (χ2n) is 5.87. The Kier molecular flexibility index (Phi) is 2.66. The smallest absolute Gasteiger partial charge is 0.125 e. The molecule has 1 aromatic carbocycles. The van der Waals surface area contributed by atoms with Crippen LogP contribution >= 0.6 is 0 Å². The van der Waals surface area contributed by atoms with Crippen LogP contribution in [0.3, 0.4) is 0 Å². The Bertz CT molecular complexity index is 592. The van der Waals surface area contributed by atoms with Crippen molar-refractivity contribution >= 4 is 5.82 Å². The molecule has 3 nitrogen and oxygen atoms in total. The van der Waals surface area contributed by atoms with Crippen LogP contribution < -0.4 is 5.73 Å². The number of aryl methyl sites for hydroxylation is 1. The van der Waals surface area contributed by atoms with Gasteiger partial charge < -0.3 is 5.73 Å². The topological polar surface area (TPSA) is 43.8 Å². The van der Waals surface area contributed by atoms with E-state index in [-0.39, 0.29) is 5.41 Å². The molecular weight excluding hydrogens is 234 g/mol. The Labute approximate surface area is 114 Å². The molecule has 1 fully saturated rings. The number of nitrogens with zero attached hydrogens (tertiary/aromatic N) is 2. The fraction of sp³-hybridized carbons (Fsp3) is 0.438. The lowest BCUT2D eigenvalue weighted by atomic mass is 9.87. The number of benzene rings is 1. The average Bonchev–Trinajstić information content (AvgIpc) is 3.14. The van der Waals surface area contributed by atoms with Gasteiger partial charge in [-0.15, -0.1) is 0 Å². The summed E-state index contributed by atoms with van der Waals surface area (Å²) in [6.07, 6.45) is 2.35. The standard InChI is InChI=1S/C16H21N3/c1-11(2)13-14(18-19(3)15(13)17)16(9-10-16)12-7-5-4-6-8-12/h4-8,11H,9-10,17H2,1-3H3. The van der Waals surface area contributed by atoms with Gasteiger partial charge >= 0.3 is 0 Å². The molecule has 0 atom stereocenters. The highest BCUT2D eigenvalue weighted by atomic mass is 15.3. The van der Waals surface area contributed by atoms with Gasteiger partial charge in [0.05, 0.1) is 5.69 Å². The highest BCUT2D eigenvalue weighted by Gasteiger charge is 2.49. The largest absolute Gasteiger partial charge is 0.384 e. The van der Waals surface area contributed by atoms with Crippen LogP contribution in [0.25, 0.3) is 0 Å². The molecule has 0 radical (unpaired) electrons. The van der Waals surface area contributed by atoms with Gasteiger partial charge in [-0.1, -0.05) is 44.2 Å². The van der Waals surface area contributed by atoms with E-state index in [1.807, 2.05) is 11.7 Å². The lowest BCUT2D eigenvalue weighted by Crippen LogP contribution is -2.13. The van der Waals surface area contributed by atoms with Gasteiger partial charge in [-0.05, 0) is 24.3 Å². The molecule has 3 heteroatoms. The first-order valence-electron chi connectivity index (χ1n) is 6.94. The molecule has 0 amide bonds. The molecule has 1 aromatic heterocycles. The van der Waals surface area contributed by atoms with Crippen LogP contribution in [0.5, 0.6) is 0 Å². The molecule has 0 aliphatic heterocycles. The summed E-state index contributed by atoms with van der Waals surface area (Å²) in [4.78, 5) is 0. The summed E-state index contributed by atoms with van der Waals surface area (Å²) in [5, 5.41) is 4.73. The second kappa shape index (κ2) is 4.12. The Balaban J connectivity index is 2.15. The van der Waals surface area contributed by atoms with E-state index in [0.29, 0.717) is 5.92 Å². The first-order valence-corrected chi connectivity index (χ1v) is 6.94. The van der Waals surface area contributed by atoms with Crippen molar-refractivity contribution in [3.05, 3.63) is 47.2 Å². The van der Waals surface area contributed by atoms with Gasteiger partial charge in [0, 0.05) is 18.0 Å². The third-order valence-corrected chi connectivity index (χ3v) is 4.24. The Morgan fingerprint density at radius 3 is 2.37 bits per heavy atom. The van der Waals surface area contributed by atoms with Gasteiger partial charge in [0.1, 0.15) is 5.82 Å². The number of rotatable bonds is 3. The zero-order valence-corrected chi connectivity index (χ0v) is 11.9. The Morgan fingerprint density at radius 1 is 1.21 bits per heavy atom. The fourth-order valence-electron chi connectivity index (χ4n) is 3.02. The van der Waals surface area contributed by atoms with Crippen LogP contribution in [0.15, 0.2) is 30.3 Å². The molecule has 1 aliphatic carbocycles. The Morgan fingerprint density at radius 2 is 1.84 bits per heavy atom. The molecule has 0 unspecified atom stereocenters. The molecule has 1 aliphatic rings. The van der Waals surface area contributed by atoms with Crippen molar-refractivity contribution in [2.45, 2.75) is 38.0 Å².